The number of methoxy groups -OCH3 is 1. The monoisotopic (exact) mass is 431 g/mol. The molecule has 0 radical (unpaired) electrons. The van der Waals surface area contributed by atoms with Crippen molar-refractivity contribution >= 4 is 23.7 Å². The van der Waals surface area contributed by atoms with E-state index in [0.717, 1.165) is 22.4 Å². The fourth-order valence-corrected chi connectivity index (χ4v) is 2.91. The second-order valence-corrected chi connectivity index (χ2v) is 7.12. The summed E-state index contributed by atoms with van der Waals surface area (Å²) in [5, 5.41) is 6.81. The standard InChI is InChI=1S/C25H25N3O4/c1-17-8-13-21(23(14-17)31-3)25(30)28-26-15-19-9-11-20(12-10-19)32-16-24(29)27-22-7-5-4-6-18(22)2/h4-15H,16H2,1-3H3,(H,27,29)(H,28,30)/b26-15-. The Labute approximate surface area is 187 Å². The molecule has 0 bridgehead atoms. The van der Waals surface area contributed by atoms with Crippen LogP contribution in [0, 0.1) is 13.8 Å². The van der Waals surface area contributed by atoms with E-state index < -0.39 is 0 Å². The van der Waals surface area contributed by atoms with E-state index in [1.807, 2.05) is 44.2 Å². The van der Waals surface area contributed by atoms with Gasteiger partial charge in [0.2, 0.25) is 0 Å². The zero-order valence-corrected chi connectivity index (χ0v) is 18.2. The molecule has 2 N–H and O–H groups in total. The van der Waals surface area contributed by atoms with Crippen molar-refractivity contribution in [2.75, 3.05) is 19.0 Å². The molecule has 0 aliphatic carbocycles. The van der Waals surface area contributed by atoms with Gasteiger partial charge >= 0.3 is 0 Å². The third-order valence-electron chi connectivity index (χ3n) is 4.65. The number of anilines is 1. The van der Waals surface area contributed by atoms with Crippen LogP contribution in [0.25, 0.3) is 0 Å². The van der Waals surface area contributed by atoms with Crippen LogP contribution in [-0.4, -0.2) is 31.7 Å². The Kier molecular flexibility index (Phi) is 7.59. The van der Waals surface area contributed by atoms with E-state index in [0.29, 0.717) is 17.1 Å². The fraction of sp³-hybridized carbons (Fsp3) is 0.160. The first-order valence-corrected chi connectivity index (χ1v) is 10.0. The van der Waals surface area contributed by atoms with Crippen LogP contribution in [0.1, 0.15) is 27.0 Å². The van der Waals surface area contributed by atoms with Crippen LogP contribution in [0.3, 0.4) is 0 Å². The molecule has 0 saturated carbocycles. The third kappa shape index (κ3) is 6.18. The fourth-order valence-electron chi connectivity index (χ4n) is 2.91. The van der Waals surface area contributed by atoms with Gasteiger partial charge in [0.05, 0.1) is 18.9 Å². The average molecular weight is 431 g/mol. The molecule has 0 spiro atoms. The van der Waals surface area contributed by atoms with Crippen LogP contribution in [0.5, 0.6) is 11.5 Å². The van der Waals surface area contributed by atoms with Gasteiger partial charge in [-0.05, 0) is 73.0 Å². The van der Waals surface area contributed by atoms with Crippen LogP contribution in [0.2, 0.25) is 0 Å². The molecule has 0 fully saturated rings. The highest BCUT2D eigenvalue weighted by atomic mass is 16.5. The summed E-state index contributed by atoms with van der Waals surface area (Å²) in [4.78, 5) is 24.4. The Hall–Kier alpha value is -4.13. The topological polar surface area (TPSA) is 89.0 Å². The van der Waals surface area contributed by atoms with Gasteiger partial charge in [0.15, 0.2) is 6.61 Å². The van der Waals surface area contributed by atoms with Gasteiger partial charge in [-0.1, -0.05) is 24.3 Å². The molecule has 0 aliphatic rings. The summed E-state index contributed by atoms with van der Waals surface area (Å²) in [5.74, 6) is 0.443. The highest BCUT2D eigenvalue weighted by molar-refractivity contribution is 5.97. The molecule has 2 amide bonds. The molecule has 164 valence electrons. The SMILES string of the molecule is COc1cc(C)ccc1C(=O)N/N=C\c1ccc(OCC(=O)Nc2ccccc2C)cc1. The predicted molar refractivity (Wildman–Crippen MR) is 125 cm³/mol. The number of nitrogens with one attached hydrogen (secondary N) is 2. The van der Waals surface area contributed by atoms with Gasteiger partial charge in [-0.3, -0.25) is 9.59 Å². The first-order chi connectivity index (χ1) is 15.5. The number of hydrogen-bond donors (Lipinski definition) is 2. The summed E-state index contributed by atoms with van der Waals surface area (Å²) in [6.45, 7) is 3.75. The molecule has 0 atom stereocenters. The average Bonchev–Trinajstić information content (AvgIpc) is 2.80. The summed E-state index contributed by atoms with van der Waals surface area (Å²) < 4.78 is 10.8. The molecule has 3 rings (SSSR count). The number of hydrazone groups is 1. The van der Waals surface area contributed by atoms with Gasteiger partial charge in [-0.25, -0.2) is 5.43 Å². The van der Waals surface area contributed by atoms with Gasteiger partial charge < -0.3 is 14.8 Å². The van der Waals surface area contributed by atoms with Gasteiger partial charge in [0.1, 0.15) is 11.5 Å². The molecule has 7 nitrogen and oxygen atoms in total. The number of benzene rings is 3. The van der Waals surface area contributed by atoms with Crippen molar-refractivity contribution in [1.82, 2.24) is 5.43 Å². The lowest BCUT2D eigenvalue weighted by atomic mass is 10.1. The van der Waals surface area contributed by atoms with Gasteiger partial charge in [-0.15, -0.1) is 0 Å². The second-order valence-electron chi connectivity index (χ2n) is 7.12. The summed E-state index contributed by atoms with van der Waals surface area (Å²) in [7, 11) is 1.52. The molecule has 0 aromatic heterocycles. The largest absolute Gasteiger partial charge is 0.496 e. The zero-order chi connectivity index (χ0) is 22.9. The van der Waals surface area contributed by atoms with E-state index in [1.165, 1.54) is 13.3 Å². The number of rotatable bonds is 8. The minimum atomic E-state index is -0.363. The predicted octanol–water partition coefficient (Wildman–Crippen LogP) is 4.09. The van der Waals surface area contributed by atoms with Gasteiger partial charge in [0.25, 0.3) is 11.8 Å². The van der Waals surface area contributed by atoms with Crippen molar-refractivity contribution in [3.8, 4) is 11.5 Å². The summed E-state index contributed by atoms with van der Waals surface area (Å²) >= 11 is 0. The smallest absolute Gasteiger partial charge is 0.275 e. The van der Waals surface area contributed by atoms with E-state index in [9.17, 15) is 9.59 Å². The van der Waals surface area contributed by atoms with Crippen molar-refractivity contribution in [3.63, 3.8) is 0 Å². The lowest BCUT2D eigenvalue weighted by molar-refractivity contribution is -0.118. The third-order valence-corrected chi connectivity index (χ3v) is 4.65. The lowest BCUT2D eigenvalue weighted by Gasteiger charge is -2.09. The Morgan fingerprint density at radius 2 is 1.75 bits per heavy atom. The van der Waals surface area contributed by atoms with Crippen molar-refractivity contribution in [1.29, 1.82) is 0 Å². The lowest BCUT2D eigenvalue weighted by Crippen LogP contribution is -2.20. The molecule has 0 saturated heterocycles. The first-order valence-electron chi connectivity index (χ1n) is 10.0. The van der Waals surface area contributed by atoms with Gasteiger partial charge in [-0.2, -0.15) is 5.10 Å². The Morgan fingerprint density at radius 3 is 2.47 bits per heavy atom. The van der Waals surface area contributed by atoms with Crippen LogP contribution >= 0.6 is 0 Å². The minimum absolute atomic E-state index is 0.101. The summed E-state index contributed by atoms with van der Waals surface area (Å²) in [6.07, 6.45) is 1.52. The summed E-state index contributed by atoms with van der Waals surface area (Å²) in [6, 6.07) is 19.9. The van der Waals surface area contributed by atoms with Crippen molar-refractivity contribution in [3.05, 3.63) is 89.0 Å². The molecule has 0 aliphatic heterocycles. The number of hydrogen-bond acceptors (Lipinski definition) is 5. The van der Waals surface area contributed by atoms with Crippen LogP contribution in [-0.2, 0) is 4.79 Å². The number of ether oxygens (including phenoxy) is 2. The quantitative estimate of drug-likeness (QED) is 0.415. The van der Waals surface area contributed by atoms with Crippen molar-refractivity contribution in [2.45, 2.75) is 13.8 Å². The molecular formula is C25H25N3O4. The molecule has 3 aromatic rings. The first kappa shape index (κ1) is 22.6. The minimum Gasteiger partial charge on any atom is -0.496 e. The molecule has 0 heterocycles. The Bertz CT molecular complexity index is 1120. The number of amides is 2. The van der Waals surface area contributed by atoms with E-state index in [-0.39, 0.29) is 18.4 Å². The van der Waals surface area contributed by atoms with Crippen LogP contribution in [0.4, 0.5) is 5.69 Å². The highest BCUT2D eigenvalue weighted by Gasteiger charge is 2.11. The Morgan fingerprint density at radius 1 is 1.00 bits per heavy atom. The molecule has 3 aromatic carbocycles. The van der Waals surface area contributed by atoms with Crippen molar-refractivity contribution in [2.24, 2.45) is 5.10 Å². The number of aryl methyl sites for hydroxylation is 2. The molecule has 0 unspecified atom stereocenters. The molecule has 7 heteroatoms. The van der Waals surface area contributed by atoms with E-state index >= 15 is 0 Å². The Balaban J connectivity index is 1.50. The maximum absolute atomic E-state index is 12.3. The molecular weight excluding hydrogens is 406 g/mol. The van der Waals surface area contributed by atoms with Crippen molar-refractivity contribution < 1.29 is 19.1 Å². The summed E-state index contributed by atoms with van der Waals surface area (Å²) in [5.41, 5.74) is 6.40. The van der Waals surface area contributed by atoms with Crippen LogP contribution in [0.15, 0.2) is 71.8 Å². The second kappa shape index (κ2) is 10.8. The van der Waals surface area contributed by atoms with Crippen LogP contribution < -0.4 is 20.2 Å². The maximum atomic E-state index is 12.3. The number of nitrogens with zero attached hydrogens (tertiary/aromatic N) is 1. The van der Waals surface area contributed by atoms with E-state index in [2.05, 4.69) is 15.8 Å². The number of carbonyl (C=O) groups excluding carboxylic acids is 2. The van der Waals surface area contributed by atoms with Gasteiger partial charge in [0, 0.05) is 5.69 Å². The number of para-hydroxylation sites is 1. The van der Waals surface area contributed by atoms with E-state index in [4.69, 9.17) is 9.47 Å². The normalized spacial score (nSPS) is 10.6. The zero-order valence-electron chi connectivity index (χ0n) is 18.2. The number of carbonyl (C=O) groups is 2. The van der Waals surface area contributed by atoms with E-state index in [1.54, 1.807) is 36.4 Å². The maximum Gasteiger partial charge on any atom is 0.275 e. The molecule has 32 heavy (non-hydrogen) atoms. The highest BCUT2D eigenvalue weighted by Crippen LogP contribution is 2.19.